The topological polar surface area (TPSA) is 98.7 Å². The summed E-state index contributed by atoms with van der Waals surface area (Å²) in [5.41, 5.74) is 3.69. The van der Waals surface area contributed by atoms with Crippen LogP contribution in [0, 0.1) is 25.7 Å². The van der Waals surface area contributed by atoms with Crippen LogP contribution in [-0.2, 0) is 20.9 Å². The highest BCUT2D eigenvalue weighted by molar-refractivity contribution is 8.02. The van der Waals surface area contributed by atoms with Crippen LogP contribution in [-0.4, -0.2) is 56.4 Å². The molecule has 3 fully saturated rings. The Morgan fingerprint density at radius 2 is 1.92 bits per heavy atom. The molecular formula is C28H33N3O4S. The number of rotatable bonds is 7. The molecular weight excluding hydrogens is 474 g/mol. The Morgan fingerprint density at radius 3 is 2.64 bits per heavy atom. The number of aliphatic hydroxyl groups is 1. The molecule has 3 aliphatic rings. The first-order valence-electron chi connectivity index (χ1n) is 12.6. The Labute approximate surface area is 216 Å². The fourth-order valence-electron chi connectivity index (χ4n) is 6.23. The lowest BCUT2D eigenvalue weighted by Crippen LogP contribution is -2.54. The maximum atomic E-state index is 13.9. The third-order valence-electron chi connectivity index (χ3n) is 7.99. The Bertz CT molecular complexity index is 1190. The molecule has 3 aliphatic heterocycles. The quantitative estimate of drug-likeness (QED) is 0.535. The van der Waals surface area contributed by atoms with E-state index in [2.05, 4.69) is 10.6 Å². The molecule has 1 spiro atoms. The highest BCUT2D eigenvalue weighted by Crippen LogP contribution is 2.66. The lowest BCUT2D eigenvalue weighted by molar-refractivity contribution is -0.141. The van der Waals surface area contributed by atoms with Gasteiger partial charge in [0.1, 0.15) is 6.04 Å². The van der Waals surface area contributed by atoms with Gasteiger partial charge in [-0.3, -0.25) is 14.4 Å². The van der Waals surface area contributed by atoms with Crippen molar-refractivity contribution < 1.29 is 19.5 Å². The van der Waals surface area contributed by atoms with Crippen LogP contribution in [0.4, 0.5) is 5.69 Å². The number of nitrogens with zero attached hydrogens (tertiary/aromatic N) is 1. The zero-order valence-corrected chi connectivity index (χ0v) is 21.7. The minimum atomic E-state index is -0.751. The van der Waals surface area contributed by atoms with E-state index in [0.717, 1.165) is 28.8 Å². The molecule has 0 saturated carbocycles. The maximum Gasteiger partial charge on any atom is 0.248 e. The molecule has 3 amide bonds. The van der Waals surface area contributed by atoms with Crippen molar-refractivity contribution in [3.05, 3.63) is 65.2 Å². The molecule has 6 atom stereocenters. The molecule has 8 heteroatoms. The van der Waals surface area contributed by atoms with Crippen LogP contribution in [0.25, 0.3) is 0 Å². The molecule has 7 nitrogen and oxygen atoms in total. The molecule has 190 valence electrons. The third-order valence-corrected chi connectivity index (χ3v) is 9.94. The number of likely N-dealkylation sites (tertiary alicyclic amines) is 1. The number of thioether (sulfide) groups is 1. The fourth-order valence-corrected chi connectivity index (χ4v) is 8.43. The third kappa shape index (κ3) is 4.00. The number of carbonyl (C=O) groups is 3. The number of aliphatic hydroxyl groups excluding tert-OH is 1. The van der Waals surface area contributed by atoms with E-state index in [4.69, 9.17) is 0 Å². The number of amides is 3. The van der Waals surface area contributed by atoms with Gasteiger partial charge in [0.2, 0.25) is 17.7 Å². The first-order valence-corrected chi connectivity index (χ1v) is 13.5. The summed E-state index contributed by atoms with van der Waals surface area (Å²) in [5, 5.41) is 16.1. The number of anilines is 1. The average Bonchev–Trinajstić information content (AvgIpc) is 3.52. The molecule has 2 bridgehead atoms. The molecule has 5 rings (SSSR count). The van der Waals surface area contributed by atoms with Crippen molar-refractivity contribution in [2.24, 2.45) is 11.8 Å². The Balaban J connectivity index is 1.45. The fraction of sp³-hybridized carbons (Fsp3) is 0.464. The molecule has 0 aromatic heterocycles. The summed E-state index contributed by atoms with van der Waals surface area (Å²) in [6.45, 7) is 5.81. The highest BCUT2D eigenvalue weighted by Gasteiger charge is 2.74. The van der Waals surface area contributed by atoms with Crippen molar-refractivity contribution in [2.45, 2.75) is 62.2 Å². The minimum absolute atomic E-state index is 0.00249. The van der Waals surface area contributed by atoms with Crippen molar-refractivity contribution in [3.63, 3.8) is 0 Å². The van der Waals surface area contributed by atoms with Crippen LogP contribution >= 0.6 is 11.8 Å². The van der Waals surface area contributed by atoms with Crippen molar-refractivity contribution in [2.75, 3.05) is 11.9 Å². The van der Waals surface area contributed by atoms with Crippen LogP contribution in [0.3, 0.4) is 0 Å². The van der Waals surface area contributed by atoms with E-state index in [1.807, 2.05) is 62.4 Å². The SMILES string of the molecule is Cc1ccc(C)c(NC(=O)C2N([C@H](C)CO)C(=O)[C@@H]3[C@@H](C(=O)NCc4ccccc4)[C@H]4CCC23S4)c1. The van der Waals surface area contributed by atoms with Gasteiger partial charge in [-0.15, -0.1) is 11.8 Å². The van der Waals surface area contributed by atoms with E-state index in [9.17, 15) is 19.5 Å². The number of fused-ring (bicyclic) bond motifs is 1. The lowest BCUT2D eigenvalue weighted by Gasteiger charge is -2.36. The summed E-state index contributed by atoms with van der Waals surface area (Å²) >= 11 is 1.63. The van der Waals surface area contributed by atoms with Gasteiger partial charge in [-0.1, -0.05) is 42.5 Å². The molecule has 2 aromatic carbocycles. The summed E-state index contributed by atoms with van der Waals surface area (Å²) in [7, 11) is 0. The van der Waals surface area contributed by atoms with Crippen molar-refractivity contribution in [1.29, 1.82) is 0 Å². The zero-order valence-electron chi connectivity index (χ0n) is 20.9. The summed E-state index contributed by atoms with van der Waals surface area (Å²) in [4.78, 5) is 42.8. The average molecular weight is 508 g/mol. The molecule has 2 aromatic rings. The van der Waals surface area contributed by atoms with E-state index in [-0.39, 0.29) is 29.6 Å². The van der Waals surface area contributed by atoms with Gasteiger partial charge in [0.05, 0.1) is 29.2 Å². The van der Waals surface area contributed by atoms with Crippen LogP contribution in [0.5, 0.6) is 0 Å². The van der Waals surface area contributed by atoms with Crippen molar-refractivity contribution in [3.8, 4) is 0 Å². The lowest BCUT2D eigenvalue weighted by atomic mass is 9.70. The summed E-state index contributed by atoms with van der Waals surface area (Å²) in [6.07, 6.45) is 1.48. The number of benzene rings is 2. The molecule has 3 heterocycles. The second kappa shape index (κ2) is 9.56. The van der Waals surface area contributed by atoms with Crippen molar-refractivity contribution in [1.82, 2.24) is 10.2 Å². The normalized spacial score (nSPS) is 29.2. The van der Waals surface area contributed by atoms with Crippen molar-refractivity contribution >= 4 is 35.2 Å². The summed E-state index contributed by atoms with van der Waals surface area (Å²) in [6, 6.07) is 14.3. The molecule has 2 unspecified atom stereocenters. The number of aryl methyl sites for hydroxylation is 2. The van der Waals surface area contributed by atoms with E-state index >= 15 is 0 Å². The number of nitrogens with one attached hydrogen (secondary N) is 2. The molecule has 36 heavy (non-hydrogen) atoms. The van der Waals surface area contributed by atoms with Gasteiger partial charge in [-0.05, 0) is 56.4 Å². The van der Waals surface area contributed by atoms with Gasteiger partial charge in [0.25, 0.3) is 0 Å². The number of hydrogen-bond donors (Lipinski definition) is 3. The van der Waals surface area contributed by atoms with Crippen LogP contribution < -0.4 is 10.6 Å². The first-order chi connectivity index (χ1) is 17.3. The predicted octanol–water partition coefficient (Wildman–Crippen LogP) is 3.03. The largest absolute Gasteiger partial charge is 0.394 e. The summed E-state index contributed by atoms with van der Waals surface area (Å²) in [5.74, 6) is -1.67. The molecule has 0 aliphatic carbocycles. The van der Waals surface area contributed by atoms with Gasteiger partial charge in [0.15, 0.2) is 0 Å². The van der Waals surface area contributed by atoms with Gasteiger partial charge in [-0.2, -0.15) is 0 Å². The standard InChI is InChI=1S/C28H33N3O4S/c1-16-9-10-17(2)20(13-16)30-26(34)24-28-12-11-21(36-28)22(23(28)27(35)31(24)18(3)15-32)25(33)29-14-19-7-5-4-6-8-19/h4-10,13,18,21-24,32H,11-12,14-15H2,1-3H3,(H,29,33)(H,30,34)/t18-,21-,22+,23+,24?,28?/m1/s1. The number of carbonyl (C=O) groups excluding carboxylic acids is 3. The maximum absolute atomic E-state index is 13.9. The summed E-state index contributed by atoms with van der Waals surface area (Å²) < 4.78 is -0.679. The van der Waals surface area contributed by atoms with Crippen LogP contribution in [0.2, 0.25) is 0 Å². The van der Waals surface area contributed by atoms with Gasteiger partial charge >= 0.3 is 0 Å². The molecule has 0 radical (unpaired) electrons. The Morgan fingerprint density at radius 1 is 1.17 bits per heavy atom. The number of hydrogen-bond acceptors (Lipinski definition) is 5. The van der Waals surface area contributed by atoms with Gasteiger partial charge in [-0.25, -0.2) is 0 Å². The van der Waals surface area contributed by atoms with E-state index in [0.29, 0.717) is 13.0 Å². The Kier molecular flexibility index (Phi) is 6.59. The second-order valence-corrected chi connectivity index (χ2v) is 11.9. The Hall–Kier alpha value is -2.84. The first kappa shape index (κ1) is 24.8. The van der Waals surface area contributed by atoms with Crippen LogP contribution in [0.15, 0.2) is 48.5 Å². The molecule has 3 N–H and O–H groups in total. The van der Waals surface area contributed by atoms with Gasteiger partial charge < -0.3 is 20.6 Å². The monoisotopic (exact) mass is 507 g/mol. The zero-order chi connectivity index (χ0) is 25.6. The van der Waals surface area contributed by atoms with Crippen LogP contribution in [0.1, 0.15) is 36.5 Å². The van der Waals surface area contributed by atoms with E-state index in [1.54, 1.807) is 23.6 Å². The minimum Gasteiger partial charge on any atom is -0.394 e. The second-order valence-electron chi connectivity index (χ2n) is 10.3. The smallest absolute Gasteiger partial charge is 0.248 e. The predicted molar refractivity (Wildman–Crippen MR) is 140 cm³/mol. The van der Waals surface area contributed by atoms with Gasteiger partial charge in [0, 0.05) is 17.5 Å². The highest BCUT2D eigenvalue weighted by atomic mass is 32.2. The van der Waals surface area contributed by atoms with E-state index in [1.165, 1.54) is 0 Å². The van der Waals surface area contributed by atoms with E-state index < -0.39 is 28.7 Å². The molecule has 3 saturated heterocycles.